The van der Waals surface area contributed by atoms with Crippen LogP contribution in [0.3, 0.4) is 0 Å². The summed E-state index contributed by atoms with van der Waals surface area (Å²) in [6.45, 7) is 5.95. The molecule has 0 amide bonds. The van der Waals surface area contributed by atoms with Crippen molar-refractivity contribution in [1.29, 1.82) is 0 Å². The van der Waals surface area contributed by atoms with Crippen LogP contribution in [0.1, 0.15) is 62.6 Å². The molecule has 104 valence electrons. The number of aryl methyl sites for hydroxylation is 2. The fraction of sp³-hybridized carbons (Fsp3) is 0.667. The van der Waals surface area contributed by atoms with Crippen molar-refractivity contribution < 1.29 is 0 Å². The molecular formula is C18H27N. The zero-order valence-electron chi connectivity index (χ0n) is 12.5. The van der Waals surface area contributed by atoms with Gasteiger partial charge in [-0.1, -0.05) is 32.0 Å². The molecular weight excluding hydrogens is 230 g/mol. The zero-order chi connectivity index (χ0) is 13.3. The lowest BCUT2D eigenvalue weighted by atomic mass is 9.78. The van der Waals surface area contributed by atoms with Crippen molar-refractivity contribution >= 4 is 0 Å². The van der Waals surface area contributed by atoms with Crippen molar-refractivity contribution in [2.45, 2.75) is 70.3 Å². The predicted molar refractivity (Wildman–Crippen MR) is 81.8 cm³/mol. The molecule has 0 spiro atoms. The lowest BCUT2D eigenvalue weighted by molar-refractivity contribution is 0.455. The lowest BCUT2D eigenvalue weighted by Crippen LogP contribution is -2.27. The second kappa shape index (κ2) is 5.28. The van der Waals surface area contributed by atoms with Crippen LogP contribution in [0.2, 0.25) is 0 Å². The normalized spacial score (nSPS) is 19.3. The second-order valence-corrected chi connectivity index (χ2v) is 7.05. The molecule has 1 nitrogen and oxygen atoms in total. The van der Waals surface area contributed by atoms with Gasteiger partial charge in [0.2, 0.25) is 0 Å². The average molecular weight is 257 g/mol. The van der Waals surface area contributed by atoms with Gasteiger partial charge >= 0.3 is 0 Å². The Hall–Kier alpha value is -0.820. The van der Waals surface area contributed by atoms with E-state index in [2.05, 4.69) is 37.4 Å². The van der Waals surface area contributed by atoms with Crippen LogP contribution in [0.15, 0.2) is 18.2 Å². The van der Waals surface area contributed by atoms with Crippen molar-refractivity contribution in [2.75, 3.05) is 6.54 Å². The van der Waals surface area contributed by atoms with Gasteiger partial charge in [-0.3, -0.25) is 0 Å². The lowest BCUT2D eigenvalue weighted by Gasteiger charge is -2.28. The summed E-state index contributed by atoms with van der Waals surface area (Å²) < 4.78 is 0. The van der Waals surface area contributed by atoms with Crippen LogP contribution in [0.25, 0.3) is 0 Å². The third-order valence-corrected chi connectivity index (χ3v) is 4.89. The van der Waals surface area contributed by atoms with Crippen LogP contribution in [-0.4, -0.2) is 12.6 Å². The number of hydrogen-bond acceptors (Lipinski definition) is 1. The molecule has 2 aliphatic rings. The standard InChI is InChI=1S/C18H27N/c1-18(2,11-12-19-17-9-10-17)16-8-7-14-5-3-4-6-15(14)13-16/h7-8,13,17,19H,3-6,9-12H2,1-2H3. The molecule has 2 aliphatic carbocycles. The first-order valence-corrected chi connectivity index (χ1v) is 8.01. The maximum Gasteiger partial charge on any atom is 0.00682 e. The smallest absolute Gasteiger partial charge is 0.00682 e. The van der Waals surface area contributed by atoms with E-state index >= 15 is 0 Å². The minimum Gasteiger partial charge on any atom is -0.314 e. The Balaban J connectivity index is 1.68. The van der Waals surface area contributed by atoms with Crippen LogP contribution in [-0.2, 0) is 18.3 Å². The third-order valence-electron chi connectivity index (χ3n) is 4.89. The van der Waals surface area contributed by atoms with Gasteiger partial charge in [-0.25, -0.2) is 0 Å². The van der Waals surface area contributed by atoms with Crippen molar-refractivity contribution in [1.82, 2.24) is 5.32 Å². The van der Waals surface area contributed by atoms with E-state index in [9.17, 15) is 0 Å². The summed E-state index contributed by atoms with van der Waals surface area (Å²) in [6, 6.07) is 8.09. The van der Waals surface area contributed by atoms with Gasteiger partial charge in [0.15, 0.2) is 0 Å². The maximum absolute atomic E-state index is 3.64. The molecule has 1 aromatic carbocycles. The van der Waals surface area contributed by atoms with E-state index in [1.54, 1.807) is 11.1 Å². The maximum atomic E-state index is 3.64. The van der Waals surface area contributed by atoms with Crippen LogP contribution in [0.5, 0.6) is 0 Å². The number of nitrogens with one attached hydrogen (secondary N) is 1. The summed E-state index contributed by atoms with van der Waals surface area (Å²) in [5.41, 5.74) is 5.05. The highest BCUT2D eigenvalue weighted by Crippen LogP contribution is 2.31. The molecule has 19 heavy (non-hydrogen) atoms. The summed E-state index contributed by atoms with van der Waals surface area (Å²) in [7, 11) is 0. The molecule has 1 saturated carbocycles. The largest absolute Gasteiger partial charge is 0.314 e. The number of rotatable bonds is 5. The molecule has 0 atom stereocenters. The molecule has 1 N–H and O–H groups in total. The van der Waals surface area contributed by atoms with E-state index in [1.165, 1.54) is 50.5 Å². The number of benzene rings is 1. The number of fused-ring (bicyclic) bond motifs is 1. The molecule has 0 aliphatic heterocycles. The van der Waals surface area contributed by atoms with E-state index in [-0.39, 0.29) is 0 Å². The minimum atomic E-state index is 0.300. The van der Waals surface area contributed by atoms with Crippen LogP contribution < -0.4 is 5.32 Å². The van der Waals surface area contributed by atoms with Gasteiger partial charge in [0.1, 0.15) is 0 Å². The molecule has 1 fully saturated rings. The third kappa shape index (κ3) is 3.20. The minimum absolute atomic E-state index is 0.300. The van der Waals surface area contributed by atoms with E-state index in [4.69, 9.17) is 0 Å². The molecule has 0 saturated heterocycles. The van der Waals surface area contributed by atoms with E-state index < -0.39 is 0 Å². The quantitative estimate of drug-likeness (QED) is 0.841. The van der Waals surface area contributed by atoms with Gasteiger partial charge in [0.25, 0.3) is 0 Å². The molecule has 0 unspecified atom stereocenters. The molecule has 1 heteroatoms. The topological polar surface area (TPSA) is 12.0 Å². The van der Waals surface area contributed by atoms with Gasteiger partial charge in [-0.2, -0.15) is 0 Å². The molecule has 0 radical (unpaired) electrons. The Kier molecular flexibility index (Phi) is 3.66. The van der Waals surface area contributed by atoms with Gasteiger partial charge in [0.05, 0.1) is 0 Å². The van der Waals surface area contributed by atoms with Gasteiger partial charge in [-0.15, -0.1) is 0 Å². The summed E-state index contributed by atoms with van der Waals surface area (Å²) >= 11 is 0. The Bertz CT molecular complexity index is 443. The highest BCUT2D eigenvalue weighted by molar-refractivity contribution is 5.37. The van der Waals surface area contributed by atoms with E-state index in [0.717, 1.165) is 12.6 Å². The van der Waals surface area contributed by atoms with Crippen molar-refractivity contribution in [3.8, 4) is 0 Å². The fourth-order valence-electron chi connectivity index (χ4n) is 3.17. The SMILES string of the molecule is CC(C)(CCNC1CC1)c1ccc2c(c1)CCCC2. The Morgan fingerprint density at radius 3 is 2.58 bits per heavy atom. The summed E-state index contributed by atoms with van der Waals surface area (Å²) in [5.74, 6) is 0. The molecule has 0 heterocycles. The average Bonchev–Trinajstić information content (AvgIpc) is 3.22. The Labute approximate surface area is 117 Å². The van der Waals surface area contributed by atoms with E-state index in [1.807, 2.05) is 0 Å². The van der Waals surface area contributed by atoms with Crippen molar-refractivity contribution in [2.24, 2.45) is 0 Å². The summed E-state index contributed by atoms with van der Waals surface area (Å²) in [5, 5.41) is 3.64. The second-order valence-electron chi connectivity index (χ2n) is 7.05. The fourth-order valence-corrected chi connectivity index (χ4v) is 3.17. The Morgan fingerprint density at radius 1 is 1.11 bits per heavy atom. The van der Waals surface area contributed by atoms with Gasteiger partial charge < -0.3 is 5.32 Å². The van der Waals surface area contributed by atoms with Crippen LogP contribution in [0, 0.1) is 0 Å². The predicted octanol–water partition coefficient (Wildman–Crippen LogP) is 3.99. The first-order valence-electron chi connectivity index (χ1n) is 8.01. The monoisotopic (exact) mass is 257 g/mol. The molecule has 0 aromatic heterocycles. The zero-order valence-corrected chi connectivity index (χ0v) is 12.5. The molecule has 0 bridgehead atoms. The van der Waals surface area contributed by atoms with Gasteiger partial charge in [0, 0.05) is 6.04 Å². The van der Waals surface area contributed by atoms with Gasteiger partial charge in [-0.05, 0) is 73.6 Å². The number of hydrogen-bond donors (Lipinski definition) is 1. The van der Waals surface area contributed by atoms with E-state index in [0.29, 0.717) is 5.41 Å². The molecule has 3 rings (SSSR count). The highest BCUT2D eigenvalue weighted by atomic mass is 14.9. The molecule has 1 aromatic rings. The Morgan fingerprint density at radius 2 is 1.84 bits per heavy atom. The van der Waals surface area contributed by atoms with Crippen LogP contribution >= 0.6 is 0 Å². The summed E-state index contributed by atoms with van der Waals surface area (Å²) in [6.07, 6.45) is 9.35. The highest BCUT2D eigenvalue weighted by Gasteiger charge is 2.24. The first-order chi connectivity index (χ1) is 9.15. The van der Waals surface area contributed by atoms with Crippen molar-refractivity contribution in [3.63, 3.8) is 0 Å². The van der Waals surface area contributed by atoms with Crippen molar-refractivity contribution in [3.05, 3.63) is 34.9 Å². The van der Waals surface area contributed by atoms with Crippen LogP contribution in [0.4, 0.5) is 0 Å². The first kappa shape index (κ1) is 13.2. The summed E-state index contributed by atoms with van der Waals surface area (Å²) in [4.78, 5) is 0.